The van der Waals surface area contributed by atoms with Crippen molar-refractivity contribution < 1.29 is 5.11 Å². The van der Waals surface area contributed by atoms with Crippen LogP contribution in [-0.2, 0) is 0 Å². The quantitative estimate of drug-likeness (QED) is 0.749. The van der Waals surface area contributed by atoms with E-state index in [1.54, 1.807) is 42.6 Å². The number of benzene rings is 2. The summed E-state index contributed by atoms with van der Waals surface area (Å²) < 4.78 is 0. The minimum absolute atomic E-state index is 0.625. The Bertz CT molecular complexity index is 756. The number of hydrogen-bond donors (Lipinski definition) is 1. The molecule has 2 nitrogen and oxygen atoms in total. The summed E-state index contributed by atoms with van der Waals surface area (Å²) in [4.78, 5) is 4.34. The maximum atomic E-state index is 10.5. The maximum absolute atomic E-state index is 10.5. The molecule has 0 spiro atoms. The molecule has 1 heterocycles. The molecule has 100 valence electrons. The van der Waals surface area contributed by atoms with Crippen molar-refractivity contribution in [1.82, 2.24) is 4.98 Å². The Morgan fingerprint density at radius 2 is 1.70 bits per heavy atom. The van der Waals surface area contributed by atoms with E-state index in [-0.39, 0.29) is 0 Å². The third-order valence-electron chi connectivity index (χ3n) is 3.23. The number of nitrogens with zero attached hydrogens (tertiary/aromatic N) is 1. The van der Waals surface area contributed by atoms with Crippen molar-refractivity contribution in [3.05, 3.63) is 75.9 Å². The normalized spacial score (nSPS) is 12.6. The fraction of sp³-hybridized carbons (Fsp3) is 0.0625. The summed E-state index contributed by atoms with van der Waals surface area (Å²) in [6.45, 7) is 0. The Kier molecular flexibility index (Phi) is 3.62. The van der Waals surface area contributed by atoms with E-state index >= 15 is 0 Å². The van der Waals surface area contributed by atoms with E-state index in [0.717, 1.165) is 16.5 Å². The first-order chi connectivity index (χ1) is 9.66. The molecule has 1 N–H and O–H groups in total. The van der Waals surface area contributed by atoms with E-state index in [1.165, 1.54) is 0 Å². The number of halogens is 2. The van der Waals surface area contributed by atoms with Gasteiger partial charge in [0.15, 0.2) is 0 Å². The molecule has 0 saturated heterocycles. The first-order valence-electron chi connectivity index (χ1n) is 6.13. The zero-order valence-corrected chi connectivity index (χ0v) is 11.9. The van der Waals surface area contributed by atoms with Gasteiger partial charge in [-0.1, -0.05) is 41.4 Å². The van der Waals surface area contributed by atoms with E-state index in [0.29, 0.717) is 15.6 Å². The topological polar surface area (TPSA) is 33.1 Å². The van der Waals surface area contributed by atoms with Crippen molar-refractivity contribution in [1.29, 1.82) is 0 Å². The lowest BCUT2D eigenvalue weighted by molar-refractivity contribution is 0.221. The van der Waals surface area contributed by atoms with Crippen molar-refractivity contribution in [2.24, 2.45) is 0 Å². The van der Waals surface area contributed by atoms with Gasteiger partial charge >= 0.3 is 0 Å². The lowest BCUT2D eigenvalue weighted by atomic mass is 9.99. The summed E-state index contributed by atoms with van der Waals surface area (Å²) in [6.07, 6.45) is 0.929. The van der Waals surface area contributed by atoms with Crippen LogP contribution >= 0.6 is 23.2 Å². The smallest absolute Gasteiger partial charge is 0.106 e. The molecule has 0 aliphatic rings. The van der Waals surface area contributed by atoms with Crippen LogP contribution in [0.5, 0.6) is 0 Å². The molecule has 3 rings (SSSR count). The molecule has 0 aliphatic carbocycles. The summed E-state index contributed by atoms with van der Waals surface area (Å²) >= 11 is 12.0. The number of aliphatic hydroxyl groups is 1. The van der Waals surface area contributed by atoms with Gasteiger partial charge in [0.2, 0.25) is 0 Å². The molecule has 1 aromatic heterocycles. The largest absolute Gasteiger partial charge is 0.384 e. The first-order valence-corrected chi connectivity index (χ1v) is 6.89. The van der Waals surface area contributed by atoms with Crippen LogP contribution in [-0.4, -0.2) is 10.1 Å². The molecule has 1 unspecified atom stereocenters. The van der Waals surface area contributed by atoms with Crippen LogP contribution in [0.15, 0.2) is 54.7 Å². The van der Waals surface area contributed by atoms with Gasteiger partial charge in [-0.3, -0.25) is 4.98 Å². The van der Waals surface area contributed by atoms with E-state index in [4.69, 9.17) is 23.2 Å². The summed E-state index contributed by atoms with van der Waals surface area (Å²) in [5, 5.41) is 12.6. The number of pyridine rings is 1. The van der Waals surface area contributed by atoms with Crippen LogP contribution in [0.2, 0.25) is 10.0 Å². The van der Waals surface area contributed by atoms with Gasteiger partial charge in [-0.15, -0.1) is 0 Å². The van der Waals surface area contributed by atoms with Crippen molar-refractivity contribution in [3.8, 4) is 0 Å². The van der Waals surface area contributed by atoms with E-state index in [1.807, 2.05) is 12.1 Å². The van der Waals surface area contributed by atoms with Crippen LogP contribution in [0.25, 0.3) is 10.9 Å². The number of fused-ring (bicyclic) bond motifs is 1. The van der Waals surface area contributed by atoms with Crippen LogP contribution in [0, 0.1) is 0 Å². The van der Waals surface area contributed by atoms with Gasteiger partial charge in [-0.05, 0) is 35.9 Å². The minimum Gasteiger partial charge on any atom is -0.384 e. The number of hydrogen-bond acceptors (Lipinski definition) is 2. The molecule has 0 aliphatic heterocycles. The van der Waals surface area contributed by atoms with Crippen molar-refractivity contribution in [2.75, 3.05) is 0 Å². The van der Waals surface area contributed by atoms with Crippen LogP contribution in [0.4, 0.5) is 0 Å². The highest BCUT2D eigenvalue weighted by atomic mass is 35.5. The predicted octanol–water partition coefficient (Wildman–Crippen LogP) is 4.62. The Balaban J connectivity index is 2.14. The Morgan fingerprint density at radius 3 is 2.45 bits per heavy atom. The maximum Gasteiger partial charge on any atom is 0.106 e. The van der Waals surface area contributed by atoms with E-state index in [9.17, 15) is 5.11 Å². The van der Waals surface area contributed by atoms with E-state index < -0.39 is 6.10 Å². The second kappa shape index (κ2) is 5.41. The third kappa shape index (κ3) is 2.38. The second-order valence-electron chi connectivity index (χ2n) is 4.49. The lowest BCUT2D eigenvalue weighted by Crippen LogP contribution is -2.01. The SMILES string of the molecule is OC(c1ccc(Cl)cc1)c1ccc(Cl)c2cccnc12. The van der Waals surface area contributed by atoms with Gasteiger partial charge in [0, 0.05) is 27.2 Å². The van der Waals surface area contributed by atoms with Crippen molar-refractivity contribution >= 4 is 34.1 Å². The summed E-state index contributed by atoms with van der Waals surface area (Å²) in [5.74, 6) is 0. The summed E-state index contributed by atoms with van der Waals surface area (Å²) in [6, 6.07) is 14.4. The number of aromatic nitrogens is 1. The molecule has 1 atom stereocenters. The molecule has 0 fully saturated rings. The van der Waals surface area contributed by atoms with Gasteiger partial charge in [-0.25, -0.2) is 0 Å². The molecule has 0 saturated carbocycles. The molecular weight excluding hydrogens is 293 g/mol. The average Bonchev–Trinajstić information content (AvgIpc) is 2.48. The number of rotatable bonds is 2. The molecule has 0 amide bonds. The second-order valence-corrected chi connectivity index (χ2v) is 5.33. The lowest BCUT2D eigenvalue weighted by Gasteiger charge is -2.14. The Morgan fingerprint density at radius 1 is 0.950 bits per heavy atom. The molecule has 3 aromatic rings. The molecule has 4 heteroatoms. The molecule has 2 aromatic carbocycles. The summed E-state index contributed by atoms with van der Waals surface area (Å²) in [7, 11) is 0. The first kappa shape index (κ1) is 13.4. The van der Waals surface area contributed by atoms with Crippen molar-refractivity contribution in [2.45, 2.75) is 6.10 Å². The van der Waals surface area contributed by atoms with Crippen LogP contribution < -0.4 is 0 Å². The summed E-state index contributed by atoms with van der Waals surface area (Å²) in [5.41, 5.74) is 2.21. The van der Waals surface area contributed by atoms with Crippen LogP contribution in [0.1, 0.15) is 17.2 Å². The molecule has 0 radical (unpaired) electrons. The zero-order valence-electron chi connectivity index (χ0n) is 10.4. The molecular formula is C16H11Cl2NO. The Labute approximate surface area is 126 Å². The van der Waals surface area contributed by atoms with Crippen molar-refractivity contribution in [3.63, 3.8) is 0 Å². The molecule has 20 heavy (non-hydrogen) atoms. The van der Waals surface area contributed by atoms with Crippen LogP contribution in [0.3, 0.4) is 0 Å². The highest BCUT2D eigenvalue weighted by molar-refractivity contribution is 6.35. The van der Waals surface area contributed by atoms with Gasteiger partial charge < -0.3 is 5.11 Å². The van der Waals surface area contributed by atoms with Gasteiger partial charge in [0.05, 0.1) is 5.52 Å². The van der Waals surface area contributed by atoms with Gasteiger partial charge in [0.1, 0.15) is 6.10 Å². The van der Waals surface area contributed by atoms with Gasteiger partial charge in [-0.2, -0.15) is 0 Å². The highest BCUT2D eigenvalue weighted by Gasteiger charge is 2.15. The van der Waals surface area contributed by atoms with E-state index in [2.05, 4.69) is 4.98 Å². The standard InChI is InChI=1S/C16H11Cl2NO/c17-11-5-3-10(4-6-11)16(20)13-7-8-14(18)12-2-1-9-19-15(12)13/h1-9,16,20H. The minimum atomic E-state index is -0.762. The zero-order chi connectivity index (χ0) is 14.1. The third-order valence-corrected chi connectivity index (χ3v) is 3.81. The highest BCUT2D eigenvalue weighted by Crippen LogP contribution is 2.31. The fourth-order valence-electron chi connectivity index (χ4n) is 2.20. The predicted molar refractivity (Wildman–Crippen MR) is 82.3 cm³/mol. The average molecular weight is 304 g/mol. The molecule has 0 bridgehead atoms. The monoisotopic (exact) mass is 303 g/mol. The fourth-order valence-corrected chi connectivity index (χ4v) is 2.55. The Hall–Kier alpha value is -1.61. The number of aliphatic hydroxyl groups excluding tert-OH is 1. The van der Waals surface area contributed by atoms with Gasteiger partial charge in [0.25, 0.3) is 0 Å².